The maximum absolute atomic E-state index is 14.5. The topological polar surface area (TPSA) is 80.6 Å². The summed E-state index contributed by atoms with van der Waals surface area (Å²) in [4.78, 5) is 41.8. The number of fused-ring (bicyclic) bond motifs is 6. The van der Waals surface area contributed by atoms with Crippen LogP contribution in [0.2, 0.25) is 0 Å². The highest BCUT2D eigenvalue weighted by molar-refractivity contribution is 5.99. The highest BCUT2D eigenvalue weighted by Crippen LogP contribution is 2.47. The predicted molar refractivity (Wildman–Crippen MR) is 130 cm³/mol. The molecule has 0 radical (unpaired) electrons. The molecule has 39 heavy (non-hydrogen) atoms. The molecule has 4 atom stereocenters. The number of benzene rings is 2. The number of aromatic nitrogens is 1. The lowest BCUT2D eigenvalue weighted by atomic mass is 9.94. The molecule has 3 aromatic rings. The van der Waals surface area contributed by atoms with Crippen LogP contribution in [0.25, 0.3) is 0 Å². The van der Waals surface area contributed by atoms with E-state index >= 15 is 0 Å². The highest BCUT2D eigenvalue weighted by atomic mass is 19.1. The Morgan fingerprint density at radius 2 is 1.77 bits per heavy atom. The third kappa shape index (κ3) is 4.25. The van der Waals surface area contributed by atoms with E-state index in [2.05, 4.69) is 5.32 Å². The number of nitrogens with zero attached hydrogens (tertiary/aromatic N) is 2. The van der Waals surface area contributed by atoms with Crippen molar-refractivity contribution < 1.29 is 31.9 Å². The fourth-order valence-corrected chi connectivity index (χ4v) is 5.99. The zero-order chi connectivity index (χ0) is 27.4. The third-order valence-electron chi connectivity index (χ3n) is 7.81. The number of carbonyl (C=O) groups excluding carboxylic acids is 2. The van der Waals surface area contributed by atoms with Gasteiger partial charge < -0.3 is 19.5 Å². The molecule has 7 nitrogen and oxygen atoms in total. The van der Waals surface area contributed by atoms with Gasteiger partial charge in [-0.2, -0.15) is 0 Å². The first-order chi connectivity index (χ1) is 18.7. The maximum Gasteiger partial charge on any atom is 0.275 e. The van der Waals surface area contributed by atoms with E-state index in [0.717, 1.165) is 5.56 Å². The summed E-state index contributed by atoms with van der Waals surface area (Å²) in [6.45, 7) is -0.553. The van der Waals surface area contributed by atoms with Gasteiger partial charge in [0, 0.05) is 48.9 Å². The van der Waals surface area contributed by atoms with Crippen molar-refractivity contribution in [1.82, 2.24) is 14.8 Å². The predicted octanol–water partition coefficient (Wildman–Crippen LogP) is 3.73. The number of hydrogen-bond donors (Lipinski definition) is 1. The van der Waals surface area contributed by atoms with Crippen molar-refractivity contribution in [2.75, 3.05) is 0 Å². The molecular formula is C28H23F4N3O4. The van der Waals surface area contributed by atoms with Crippen molar-refractivity contribution in [3.8, 4) is 5.75 Å². The Hall–Kier alpha value is -4.15. The summed E-state index contributed by atoms with van der Waals surface area (Å²) in [6.07, 6.45) is 0.934. The van der Waals surface area contributed by atoms with Crippen molar-refractivity contribution in [3.05, 3.63) is 98.7 Å². The number of amides is 2. The second kappa shape index (κ2) is 9.55. The largest absolute Gasteiger partial charge is 0.483 e. The van der Waals surface area contributed by atoms with Gasteiger partial charge >= 0.3 is 0 Å². The van der Waals surface area contributed by atoms with Crippen LogP contribution in [0.4, 0.5) is 17.6 Å². The van der Waals surface area contributed by atoms with Crippen molar-refractivity contribution in [1.29, 1.82) is 0 Å². The number of hydrogen-bond acceptors (Lipinski definition) is 4. The SMILES string of the molecule is O=C(NCc1c(F)cc(F)cc1F)c1cn2c(c(OCc3ccccc3)c1=O)C(=O)N1[C@@H]3CC([C@H](F)C3)[C@@H]1C2. The summed E-state index contributed by atoms with van der Waals surface area (Å²) < 4.78 is 63.2. The van der Waals surface area contributed by atoms with E-state index in [-0.39, 0.29) is 43.0 Å². The van der Waals surface area contributed by atoms with E-state index < -0.39 is 64.6 Å². The molecule has 1 saturated carbocycles. The van der Waals surface area contributed by atoms with Crippen LogP contribution in [-0.4, -0.2) is 39.5 Å². The van der Waals surface area contributed by atoms with Crippen LogP contribution in [0, 0.1) is 23.4 Å². The molecule has 3 heterocycles. The molecular weight excluding hydrogens is 518 g/mol. The third-order valence-corrected chi connectivity index (χ3v) is 7.81. The van der Waals surface area contributed by atoms with Gasteiger partial charge in [-0.15, -0.1) is 0 Å². The smallest absolute Gasteiger partial charge is 0.275 e. The van der Waals surface area contributed by atoms with E-state index in [1.807, 2.05) is 6.07 Å². The first-order valence-corrected chi connectivity index (χ1v) is 12.6. The van der Waals surface area contributed by atoms with Crippen molar-refractivity contribution in [3.63, 3.8) is 0 Å². The summed E-state index contributed by atoms with van der Waals surface area (Å²) in [5.41, 5.74) is -1.16. The first kappa shape index (κ1) is 25.1. The van der Waals surface area contributed by atoms with Crippen LogP contribution in [0.5, 0.6) is 5.75 Å². The summed E-state index contributed by atoms with van der Waals surface area (Å²) in [5.74, 6) is -5.59. The molecule has 1 unspecified atom stereocenters. The Morgan fingerprint density at radius 3 is 2.49 bits per heavy atom. The van der Waals surface area contributed by atoms with Gasteiger partial charge in [-0.3, -0.25) is 14.4 Å². The van der Waals surface area contributed by atoms with Gasteiger partial charge in [-0.25, -0.2) is 17.6 Å². The number of halogens is 4. The Morgan fingerprint density at radius 1 is 1.05 bits per heavy atom. The average molecular weight is 542 g/mol. The van der Waals surface area contributed by atoms with Crippen molar-refractivity contribution in [2.45, 2.75) is 50.8 Å². The zero-order valence-electron chi connectivity index (χ0n) is 20.5. The number of ether oxygens (including phenoxy) is 1. The van der Waals surface area contributed by atoms with Crippen LogP contribution in [-0.2, 0) is 19.7 Å². The number of nitrogens with one attached hydrogen (secondary N) is 1. The van der Waals surface area contributed by atoms with E-state index in [1.54, 1.807) is 29.2 Å². The number of pyridine rings is 1. The fraction of sp³-hybridized carbons (Fsp3) is 0.321. The Kier molecular flexibility index (Phi) is 6.16. The molecule has 1 aliphatic carbocycles. The Balaban J connectivity index is 1.36. The van der Waals surface area contributed by atoms with Crippen LogP contribution in [0.3, 0.4) is 0 Å². The van der Waals surface area contributed by atoms with E-state index in [9.17, 15) is 31.9 Å². The second-order valence-corrected chi connectivity index (χ2v) is 10.1. The first-order valence-electron chi connectivity index (χ1n) is 12.6. The van der Waals surface area contributed by atoms with Gasteiger partial charge in [0.1, 0.15) is 35.8 Å². The average Bonchev–Trinajstić information content (AvgIpc) is 3.45. The van der Waals surface area contributed by atoms with Crippen molar-refractivity contribution >= 4 is 11.8 Å². The molecule has 2 aromatic carbocycles. The summed E-state index contributed by atoms with van der Waals surface area (Å²) >= 11 is 0. The van der Waals surface area contributed by atoms with E-state index in [1.165, 1.54) is 10.8 Å². The molecule has 202 valence electrons. The van der Waals surface area contributed by atoms with Gasteiger partial charge in [0.05, 0.1) is 6.04 Å². The minimum atomic E-state index is -1.19. The minimum Gasteiger partial charge on any atom is -0.483 e. The van der Waals surface area contributed by atoms with Gasteiger partial charge in [-0.05, 0) is 18.4 Å². The van der Waals surface area contributed by atoms with Crippen molar-refractivity contribution in [2.24, 2.45) is 5.92 Å². The molecule has 0 spiro atoms. The van der Waals surface area contributed by atoms with Crippen LogP contribution < -0.4 is 15.5 Å². The Bertz CT molecular complexity index is 1520. The number of rotatable bonds is 6. The minimum absolute atomic E-state index is 0.0256. The molecule has 2 amide bonds. The normalized spacial score (nSPS) is 23.0. The van der Waals surface area contributed by atoms with Gasteiger partial charge in [-0.1, -0.05) is 30.3 Å². The molecule has 3 aliphatic rings. The number of piperidine rings is 1. The summed E-state index contributed by atoms with van der Waals surface area (Å²) in [7, 11) is 0. The lowest BCUT2D eigenvalue weighted by molar-refractivity contribution is 0.0347. The zero-order valence-corrected chi connectivity index (χ0v) is 20.5. The molecule has 2 bridgehead atoms. The van der Waals surface area contributed by atoms with Crippen LogP contribution in [0.15, 0.2) is 53.5 Å². The fourth-order valence-electron chi connectivity index (χ4n) is 5.99. The second-order valence-electron chi connectivity index (χ2n) is 10.1. The quantitative estimate of drug-likeness (QED) is 0.483. The van der Waals surface area contributed by atoms with Crippen LogP contribution >= 0.6 is 0 Å². The molecule has 1 saturated heterocycles. The molecule has 2 fully saturated rings. The molecule has 2 aliphatic heterocycles. The summed E-state index contributed by atoms with van der Waals surface area (Å²) in [6, 6.07) is 9.18. The summed E-state index contributed by atoms with van der Waals surface area (Å²) in [5, 5.41) is 2.29. The number of carbonyl (C=O) groups is 2. The molecule has 1 aromatic heterocycles. The van der Waals surface area contributed by atoms with Crippen LogP contribution in [0.1, 0.15) is 44.8 Å². The van der Waals surface area contributed by atoms with E-state index in [0.29, 0.717) is 18.6 Å². The monoisotopic (exact) mass is 541 g/mol. The molecule has 1 N–H and O–H groups in total. The lowest BCUT2D eigenvalue weighted by Crippen LogP contribution is -2.54. The van der Waals surface area contributed by atoms with Gasteiger partial charge in [0.15, 0.2) is 11.4 Å². The highest BCUT2D eigenvalue weighted by Gasteiger charge is 2.56. The maximum atomic E-state index is 14.5. The van der Waals surface area contributed by atoms with Gasteiger partial charge in [0.25, 0.3) is 11.8 Å². The van der Waals surface area contributed by atoms with E-state index in [4.69, 9.17) is 4.74 Å². The Labute approximate surface area is 220 Å². The van der Waals surface area contributed by atoms with Gasteiger partial charge in [0.2, 0.25) is 5.43 Å². The molecule has 11 heteroatoms. The lowest BCUT2D eigenvalue weighted by Gasteiger charge is -2.41. The standard InChI is InChI=1S/C28H23F4N3O4/c29-15-6-20(30)18(21(31)7-15)10-33-27(37)19-11-34-12-23-17-8-16(9-22(17)32)35(23)28(38)24(34)26(25(19)36)39-13-14-4-2-1-3-5-14/h1-7,11,16-17,22-23H,8-10,12-13H2,(H,33,37)/t16-,17?,22-,23+/m1/s1. The number of alkyl halides is 1. The molecule has 6 rings (SSSR count).